The summed E-state index contributed by atoms with van der Waals surface area (Å²) in [5.41, 5.74) is -1.31. The fourth-order valence-electron chi connectivity index (χ4n) is 1.10. The fourth-order valence-corrected chi connectivity index (χ4v) is 1.69. The second kappa shape index (κ2) is 7.15. The Hall–Kier alpha value is -0.980. The minimum Gasteiger partial charge on any atom is -0.313 e. The molecular weight excluding hydrogens is 341 g/mol. The van der Waals surface area contributed by atoms with Crippen LogP contribution in [0.15, 0.2) is 29.4 Å². The minimum atomic E-state index is -4.56. The maximum Gasteiger partial charge on any atom is 0.416 e. The fraction of sp³-hybridized carbons (Fsp3) is 0.273. The van der Waals surface area contributed by atoms with E-state index in [9.17, 15) is 18.0 Å². The lowest BCUT2D eigenvalue weighted by Crippen LogP contribution is -2.13. The van der Waals surface area contributed by atoms with Gasteiger partial charge in [-0.25, -0.2) is 4.79 Å². The summed E-state index contributed by atoms with van der Waals surface area (Å²) in [5, 5.41) is 3.30. The van der Waals surface area contributed by atoms with E-state index in [1.807, 2.05) is 0 Å². The van der Waals surface area contributed by atoms with E-state index < -0.39 is 22.5 Å². The van der Waals surface area contributed by atoms with E-state index in [2.05, 4.69) is 9.99 Å². The van der Waals surface area contributed by atoms with Crippen LogP contribution in [0.3, 0.4) is 0 Å². The van der Waals surface area contributed by atoms with Gasteiger partial charge >= 0.3 is 12.1 Å². The highest BCUT2D eigenvalue weighted by atomic mass is 35.5. The Kier molecular flexibility index (Phi) is 6.10. The molecule has 20 heavy (non-hydrogen) atoms. The summed E-state index contributed by atoms with van der Waals surface area (Å²) < 4.78 is 37.4. The molecule has 9 heteroatoms. The van der Waals surface area contributed by atoms with Crippen molar-refractivity contribution in [2.24, 2.45) is 5.16 Å². The van der Waals surface area contributed by atoms with Crippen molar-refractivity contribution in [1.29, 1.82) is 0 Å². The predicted molar refractivity (Wildman–Crippen MR) is 70.5 cm³/mol. The van der Waals surface area contributed by atoms with Gasteiger partial charge in [0, 0.05) is 0 Å². The first kappa shape index (κ1) is 17.1. The van der Waals surface area contributed by atoms with Gasteiger partial charge in [0.15, 0.2) is 0 Å². The monoisotopic (exact) mass is 347 g/mol. The van der Waals surface area contributed by atoms with Gasteiger partial charge in [-0.15, -0.1) is 11.6 Å². The maximum atomic E-state index is 12.5. The molecular formula is C11H7Cl3F3NO2. The van der Waals surface area contributed by atoms with E-state index in [1.54, 1.807) is 0 Å². The number of halogens is 6. The summed E-state index contributed by atoms with van der Waals surface area (Å²) in [5.74, 6) is -1.26. The molecule has 0 heterocycles. The molecule has 0 saturated carbocycles. The topological polar surface area (TPSA) is 38.7 Å². The SMILES string of the molecule is O=C(O/N=C(\CCl)C(Cl)Cl)c1cccc(C(F)(F)F)c1. The van der Waals surface area contributed by atoms with Gasteiger partial charge < -0.3 is 4.84 Å². The van der Waals surface area contributed by atoms with Crippen LogP contribution in [0.2, 0.25) is 0 Å². The third-order valence-corrected chi connectivity index (χ3v) is 2.84. The molecule has 0 atom stereocenters. The van der Waals surface area contributed by atoms with Gasteiger partial charge in [-0.2, -0.15) is 13.2 Å². The van der Waals surface area contributed by atoms with E-state index >= 15 is 0 Å². The number of carbonyl (C=O) groups is 1. The van der Waals surface area contributed by atoms with Gasteiger partial charge in [-0.1, -0.05) is 34.4 Å². The van der Waals surface area contributed by atoms with Crippen LogP contribution in [0.4, 0.5) is 13.2 Å². The summed E-state index contributed by atoms with van der Waals surface area (Å²) in [4.78, 5) is 14.9. The lowest BCUT2D eigenvalue weighted by Gasteiger charge is -2.07. The molecule has 0 spiro atoms. The van der Waals surface area contributed by atoms with Crippen LogP contribution in [0.5, 0.6) is 0 Å². The quantitative estimate of drug-likeness (QED) is 0.353. The highest BCUT2D eigenvalue weighted by Gasteiger charge is 2.31. The molecule has 0 amide bonds. The molecule has 0 fully saturated rings. The number of alkyl halides is 6. The maximum absolute atomic E-state index is 12.5. The smallest absolute Gasteiger partial charge is 0.313 e. The zero-order chi connectivity index (χ0) is 15.3. The van der Waals surface area contributed by atoms with Crippen LogP contribution in [-0.4, -0.2) is 22.4 Å². The summed E-state index contributed by atoms with van der Waals surface area (Å²) in [7, 11) is 0. The Morgan fingerprint density at radius 3 is 2.50 bits per heavy atom. The molecule has 0 bridgehead atoms. The molecule has 3 nitrogen and oxygen atoms in total. The van der Waals surface area contributed by atoms with Crippen molar-refractivity contribution < 1.29 is 22.8 Å². The predicted octanol–water partition coefficient (Wildman–Crippen LogP) is 4.26. The van der Waals surface area contributed by atoms with Gasteiger partial charge in [0.2, 0.25) is 0 Å². The average Bonchev–Trinajstić information content (AvgIpc) is 2.38. The Bertz CT molecular complexity index is 518. The van der Waals surface area contributed by atoms with E-state index in [1.165, 1.54) is 0 Å². The number of carbonyl (C=O) groups excluding carboxylic acids is 1. The minimum absolute atomic E-state index is 0.0321. The average molecular weight is 349 g/mol. The van der Waals surface area contributed by atoms with Crippen molar-refractivity contribution >= 4 is 46.5 Å². The summed E-state index contributed by atoms with van der Waals surface area (Å²) in [6, 6.07) is 3.72. The zero-order valence-corrected chi connectivity index (χ0v) is 11.9. The molecule has 1 aromatic carbocycles. The molecule has 0 N–H and O–H groups in total. The Morgan fingerprint density at radius 1 is 1.35 bits per heavy atom. The van der Waals surface area contributed by atoms with Crippen molar-refractivity contribution in [2.75, 3.05) is 5.88 Å². The van der Waals surface area contributed by atoms with Crippen LogP contribution in [0.1, 0.15) is 15.9 Å². The third-order valence-electron chi connectivity index (χ3n) is 2.06. The van der Waals surface area contributed by atoms with Gasteiger partial charge in [0.1, 0.15) is 10.5 Å². The highest BCUT2D eigenvalue weighted by molar-refractivity contribution is 6.56. The van der Waals surface area contributed by atoms with E-state index in [0.717, 1.165) is 18.2 Å². The first-order valence-electron chi connectivity index (χ1n) is 5.05. The Labute approximate surface area is 127 Å². The van der Waals surface area contributed by atoms with Gasteiger partial charge in [-0.3, -0.25) is 0 Å². The first-order valence-corrected chi connectivity index (χ1v) is 6.46. The van der Waals surface area contributed by atoms with Gasteiger partial charge in [0.05, 0.1) is 17.0 Å². The zero-order valence-electron chi connectivity index (χ0n) is 9.63. The molecule has 0 aliphatic heterocycles. The van der Waals surface area contributed by atoms with Crippen molar-refractivity contribution in [1.82, 2.24) is 0 Å². The Morgan fingerprint density at radius 2 is 2.00 bits per heavy atom. The second-order valence-corrected chi connectivity index (χ2v) is 4.84. The normalized spacial score (nSPS) is 12.7. The third kappa shape index (κ3) is 4.85. The number of nitrogens with zero attached hydrogens (tertiary/aromatic N) is 1. The van der Waals surface area contributed by atoms with E-state index in [4.69, 9.17) is 34.8 Å². The molecule has 0 aliphatic rings. The molecule has 0 aromatic heterocycles. The summed E-state index contributed by atoms with van der Waals surface area (Å²) in [6.45, 7) is 0. The van der Waals surface area contributed by atoms with Crippen molar-refractivity contribution in [3.05, 3.63) is 35.4 Å². The van der Waals surface area contributed by atoms with Crippen LogP contribution in [0.25, 0.3) is 0 Å². The van der Waals surface area contributed by atoms with Crippen molar-refractivity contribution in [2.45, 2.75) is 11.0 Å². The molecule has 1 aromatic rings. The molecule has 0 saturated heterocycles. The molecule has 0 unspecified atom stereocenters. The van der Waals surface area contributed by atoms with Gasteiger partial charge in [0.25, 0.3) is 0 Å². The van der Waals surface area contributed by atoms with Gasteiger partial charge in [-0.05, 0) is 18.2 Å². The lowest BCUT2D eigenvalue weighted by molar-refractivity contribution is -0.137. The van der Waals surface area contributed by atoms with E-state index in [-0.39, 0.29) is 17.2 Å². The lowest BCUT2D eigenvalue weighted by atomic mass is 10.1. The second-order valence-electron chi connectivity index (χ2n) is 3.47. The number of rotatable bonds is 4. The number of benzene rings is 1. The van der Waals surface area contributed by atoms with Crippen LogP contribution in [-0.2, 0) is 11.0 Å². The highest BCUT2D eigenvalue weighted by Crippen LogP contribution is 2.29. The number of hydrogen-bond donors (Lipinski definition) is 0. The standard InChI is InChI=1S/C11H7Cl3F3NO2/c12-5-8(9(13)14)18-20-10(19)6-2-1-3-7(4-6)11(15,16)17/h1-4,9H,5H2/b18-8+. The molecule has 1 rings (SSSR count). The van der Waals surface area contributed by atoms with E-state index in [0.29, 0.717) is 6.07 Å². The van der Waals surface area contributed by atoms with Crippen LogP contribution < -0.4 is 0 Å². The largest absolute Gasteiger partial charge is 0.416 e. The number of hydrogen-bond acceptors (Lipinski definition) is 3. The Balaban J connectivity index is 2.89. The summed E-state index contributed by atoms with van der Waals surface area (Å²) in [6.07, 6.45) is -4.56. The number of oxime groups is 1. The summed E-state index contributed by atoms with van der Waals surface area (Å²) >= 11 is 16.4. The van der Waals surface area contributed by atoms with Crippen molar-refractivity contribution in [3.8, 4) is 0 Å². The van der Waals surface area contributed by atoms with Crippen LogP contribution >= 0.6 is 34.8 Å². The molecule has 110 valence electrons. The molecule has 0 aliphatic carbocycles. The molecule has 0 radical (unpaired) electrons. The first-order chi connectivity index (χ1) is 9.25. The van der Waals surface area contributed by atoms with Crippen LogP contribution in [0, 0.1) is 0 Å². The van der Waals surface area contributed by atoms with Crippen molar-refractivity contribution in [3.63, 3.8) is 0 Å².